The molecule has 1 fully saturated rings. The molecule has 0 aliphatic heterocycles. The lowest BCUT2D eigenvalue weighted by molar-refractivity contribution is 0.215. The quantitative estimate of drug-likeness (QED) is 0.679. The second-order valence-corrected chi connectivity index (χ2v) is 8.61. The molecule has 1 aliphatic rings. The summed E-state index contributed by atoms with van der Waals surface area (Å²) in [5.74, 6) is 0. The lowest BCUT2D eigenvalue weighted by Gasteiger charge is -2.42. The van der Waals surface area contributed by atoms with Crippen LogP contribution in [0.3, 0.4) is 0 Å². The molecule has 7 heteroatoms. The monoisotopic (exact) mass is 387 g/mol. The van der Waals surface area contributed by atoms with Crippen molar-refractivity contribution in [2.24, 2.45) is 5.14 Å². The fourth-order valence-corrected chi connectivity index (χ4v) is 3.96. The van der Waals surface area contributed by atoms with Gasteiger partial charge in [-0.25, -0.2) is 18.4 Å². The number of rotatable bonds is 7. The molecule has 0 spiro atoms. The van der Waals surface area contributed by atoms with E-state index in [1.165, 1.54) is 24.1 Å². The molecule has 1 saturated carbocycles. The topological polar surface area (TPSA) is 101 Å². The van der Waals surface area contributed by atoms with Gasteiger partial charge in [0, 0.05) is 18.5 Å². The third kappa shape index (κ3) is 4.87. The Balaban J connectivity index is 1.45. The van der Waals surface area contributed by atoms with Gasteiger partial charge in [-0.15, -0.1) is 0 Å². The molecule has 0 bridgehead atoms. The Hall–Kier alpha value is -2.38. The van der Waals surface area contributed by atoms with E-state index >= 15 is 0 Å². The van der Waals surface area contributed by atoms with E-state index in [2.05, 4.69) is 22.8 Å². The summed E-state index contributed by atoms with van der Waals surface area (Å²) in [5.41, 5.74) is 2.27. The number of nitrogens with one attached hydrogen (secondary N) is 2. The third-order valence-electron chi connectivity index (χ3n) is 5.24. The molecule has 3 rings (SSSR count). The first-order chi connectivity index (χ1) is 12.9. The molecule has 1 aliphatic carbocycles. The van der Waals surface area contributed by atoms with Gasteiger partial charge >= 0.3 is 6.03 Å². The Labute approximate surface area is 160 Å². The summed E-state index contributed by atoms with van der Waals surface area (Å²) in [4.78, 5) is 12.2. The molecule has 4 N–H and O–H groups in total. The molecule has 0 atom stereocenters. The van der Waals surface area contributed by atoms with E-state index in [4.69, 9.17) is 5.14 Å². The number of sulfonamides is 1. The van der Waals surface area contributed by atoms with Gasteiger partial charge in [-0.2, -0.15) is 0 Å². The molecule has 2 aromatic carbocycles. The van der Waals surface area contributed by atoms with Crippen molar-refractivity contribution in [2.75, 3.05) is 13.1 Å². The van der Waals surface area contributed by atoms with Gasteiger partial charge in [0.2, 0.25) is 10.0 Å². The van der Waals surface area contributed by atoms with Crippen LogP contribution < -0.4 is 15.8 Å². The Morgan fingerprint density at radius 2 is 1.67 bits per heavy atom. The Kier molecular flexibility index (Phi) is 5.82. The first kappa shape index (κ1) is 19.4. The first-order valence-corrected chi connectivity index (χ1v) is 10.6. The van der Waals surface area contributed by atoms with E-state index < -0.39 is 10.0 Å². The maximum atomic E-state index is 12.1. The predicted octanol–water partition coefficient (Wildman–Crippen LogP) is 2.30. The van der Waals surface area contributed by atoms with Crippen LogP contribution in [0.5, 0.6) is 0 Å². The fourth-order valence-electron chi connectivity index (χ4n) is 3.44. The van der Waals surface area contributed by atoms with Crippen LogP contribution in [0.1, 0.15) is 30.4 Å². The number of benzene rings is 2. The molecule has 0 heterocycles. The van der Waals surface area contributed by atoms with Crippen molar-refractivity contribution < 1.29 is 13.2 Å². The molecular formula is C20H25N3O3S. The summed E-state index contributed by atoms with van der Waals surface area (Å²) in [6, 6.07) is 16.5. The normalized spacial score (nSPS) is 15.6. The molecule has 0 aromatic heterocycles. The zero-order valence-corrected chi connectivity index (χ0v) is 16.0. The summed E-state index contributed by atoms with van der Waals surface area (Å²) >= 11 is 0. The van der Waals surface area contributed by atoms with Crippen molar-refractivity contribution >= 4 is 16.1 Å². The summed E-state index contributed by atoms with van der Waals surface area (Å²) in [5, 5.41) is 10.9. The van der Waals surface area contributed by atoms with Crippen LogP contribution in [0.2, 0.25) is 0 Å². The SMILES string of the molecule is NS(=O)(=O)c1ccc(CCNC(=O)NCC2(c3ccccc3)CCC2)cc1. The van der Waals surface area contributed by atoms with Crippen LogP contribution in [0, 0.1) is 0 Å². The van der Waals surface area contributed by atoms with E-state index in [9.17, 15) is 13.2 Å². The smallest absolute Gasteiger partial charge is 0.314 e. The second kappa shape index (κ2) is 8.10. The lowest BCUT2D eigenvalue weighted by Crippen LogP contribution is -2.48. The largest absolute Gasteiger partial charge is 0.338 e. The van der Waals surface area contributed by atoms with Crippen molar-refractivity contribution in [1.29, 1.82) is 0 Å². The van der Waals surface area contributed by atoms with Crippen molar-refractivity contribution in [3.63, 3.8) is 0 Å². The van der Waals surface area contributed by atoms with E-state index in [0.717, 1.165) is 18.4 Å². The minimum atomic E-state index is -3.67. The summed E-state index contributed by atoms with van der Waals surface area (Å²) in [7, 11) is -3.67. The van der Waals surface area contributed by atoms with Crippen molar-refractivity contribution in [3.05, 3.63) is 65.7 Å². The fraction of sp³-hybridized carbons (Fsp3) is 0.350. The maximum absolute atomic E-state index is 12.1. The van der Waals surface area contributed by atoms with Crippen LogP contribution in [0.15, 0.2) is 59.5 Å². The molecule has 0 radical (unpaired) electrons. The number of hydrogen-bond acceptors (Lipinski definition) is 3. The highest BCUT2D eigenvalue weighted by atomic mass is 32.2. The minimum absolute atomic E-state index is 0.0577. The van der Waals surface area contributed by atoms with Crippen LogP contribution in [0.25, 0.3) is 0 Å². The van der Waals surface area contributed by atoms with Gasteiger partial charge in [0.25, 0.3) is 0 Å². The second-order valence-electron chi connectivity index (χ2n) is 7.05. The number of hydrogen-bond donors (Lipinski definition) is 3. The Morgan fingerprint density at radius 1 is 1.00 bits per heavy atom. The predicted molar refractivity (Wildman–Crippen MR) is 105 cm³/mol. The van der Waals surface area contributed by atoms with E-state index in [1.54, 1.807) is 12.1 Å². The Bertz CT molecular complexity index is 876. The summed E-state index contributed by atoms with van der Waals surface area (Å²) in [6.07, 6.45) is 3.98. The molecule has 144 valence electrons. The van der Waals surface area contributed by atoms with E-state index in [-0.39, 0.29) is 16.3 Å². The van der Waals surface area contributed by atoms with Gasteiger partial charge in [-0.05, 0) is 42.5 Å². The molecule has 6 nitrogen and oxygen atoms in total. The number of carbonyl (C=O) groups is 1. The lowest BCUT2D eigenvalue weighted by atomic mass is 9.64. The molecule has 0 unspecified atom stereocenters. The van der Waals surface area contributed by atoms with Crippen molar-refractivity contribution in [2.45, 2.75) is 36.0 Å². The molecule has 27 heavy (non-hydrogen) atoms. The number of primary sulfonamides is 1. The molecule has 2 aromatic rings. The average molecular weight is 388 g/mol. The van der Waals surface area contributed by atoms with Crippen LogP contribution in [-0.2, 0) is 21.9 Å². The Morgan fingerprint density at radius 3 is 2.22 bits per heavy atom. The van der Waals surface area contributed by atoms with Crippen LogP contribution in [0.4, 0.5) is 4.79 Å². The number of amides is 2. The van der Waals surface area contributed by atoms with Gasteiger partial charge in [0.05, 0.1) is 4.90 Å². The first-order valence-electron chi connectivity index (χ1n) is 9.08. The third-order valence-corrected chi connectivity index (χ3v) is 6.16. The number of nitrogens with two attached hydrogens (primary N) is 1. The van der Waals surface area contributed by atoms with Gasteiger partial charge < -0.3 is 10.6 Å². The van der Waals surface area contributed by atoms with Gasteiger partial charge in [-0.3, -0.25) is 0 Å². The van der Waals surface area contributed by atoms with E-state index in [0.29, 0.717) is 19.5 Å². The number of urea groups is 1. The minimum Gasteiger partial charge on any atom is -0.338 e. The van der Waals surface area contributed by atoms with Crippen molar-refractivity contribution in [1.82, 2.24) is 10.6 Å². The van der Waals surface area contributed by atoms with E-state index in [1.807, 2.05) is 18.2 Å². The summed E-state index contributed by atoms with van der Waals surface area (Å²) < 4.78 is 22.5. The van der Waals surface area contributed by atoms with Gasteiger partial charge in [0.15, 0.2) is 0 Å². The zero-order valence-electron chi connectivity index (χ0n) is 15.1. The maximum Gasteiger partial charge on any atom is 0.314 e. The number of carbonyl (C=O) groups excluding carboxylic acids is 1. The summed E-state index contributed by atoms with van der Waals surface area (Å²) in [6.45, 7) is 1.10. The average Bonchev–Trinajstić information content (AvgIpc) is 2.61. The highest BCUT2D eigenvalue weighted by molar-refractivity contribution is 7.89. The molecular weight excluding hydrogens is 362 g/mol. The van der Waals surface area contributed by atoms with Crippen LogP contribution in [-0.4, -0.2) is 27.5 Å². The van der Waals surface area contributed by atoms with Crippen molar-refractivity contribution in [3.8, 4) is 0 Å². The van der Waals surface area contributed by atoms with Crippen LogP contribution >= 0.6 is 0 Å². The van der Waals surface area contributed by atoms with Gasteiger partial charge in [-0.1, -0.05) is 48.9 Å². The zero-order chi connectivity index (χ0) is 19.3. The highest BCUT2D eigenvalue weighted by Gasteiger charge is 2.38. The standard InChI is InChI=1S/C20H25N3O3S/c21-27(25,26)18-9-7-16(8-10-18)11-14-22-19(24)23-15-20(12-4-13-20)17-5-2-1-3-6-17/h1-3,5-10H,4,11-15H2,(H2,21,25,26)(H2,22,23,24). The molecule has 0 saturated heterocycles. The highest BCUT2D eigenvalue weighted by Crippen LogP contribution is 2.43. The van der Waals surface area contributed by atoms with Gasteiger partial charge in [0.1, 0.15) is 0 Å². The molecule has 2 amide bonds.